The first-order chi connectivity index (χ1) is 13.1. The Hall–Kier alpha value is -1.76. The van der Waals surface area contributed by atoms with Crippen molar-refractivity contribution in [2.45, 2.75) is 43.2 Å². The summed E-state index contributed by atoms with van der Waals surface area (Å²) < 4.78 is 27.8. The van der Waals surface area contributed by atoms with Crippen molar-refractivity contribution >= 4 is 10.0 Å². The molecule has 0 saturated carbocycles. The second-order valence-electron chi connectivity index (χ2n) is 7.46. The molecule has 3 heterocycles. The van der Waals surface area contributed by atoms with E-state index in [0.29, 0.717) is 24.8 Å². The molecular formula is C21H27N3O2S. The van der Waals surface area contributed by atoms with E-state index in [1.165, 1.54) is 19.3 Å². The van der Waals surface area contributed by atoms with E-state index in [1.807, 2.05) is 36.4 Å². The van der Waals surface area contributed by atoms with Gasteiger partial charge in [0, 0.05) is 24.7 Å². The summed E-state index contributed by atoms with van der Waals surface area (Å²) in [6.07, 6.45) is 5.70. The molecule has 144 valence electrons. The average Bonchev–Trinajstić information content (AvgIpc) is 2.75. The highest BCUT2D eigenvalue weighted by Crippen LogP contribution is 2.26. The lowest BCUT2D eigenvalue weighted by Crippen LogP contribution is -2.48. The van der Waals surface area contributed by atoms with Gasteiger partial charge in [0.1, 0.15) is 0 Å². The summed E-state index contributed by atoms with van der Waals surface area (Å²) in [5.41, 5.74) is 1.62. The molecule has 1 aromatic carbocycles. The molecular weight excluding hydrogens is 358 g/mol. The minimum Gasteiger partial charge on any atom is -0.300 e. The third kappa shape index (κ3) is 4.08. The van der Waals surface area contributed by atoms with E-state index in [-0.39, 0.29) is 5.03 Å². The van der Waals surface area contributed by atoms with Gasteiger partial charge in [-0.05, 0) is 50.9 Å². The molecule has 5 nitrogen and oxygen atoms in total. The number of nitrogens with zero attached hydrogens (tertiary/aromatic N) is 3. The molecule has 2 aliphatic rings. The first-order valence-electron chi connectivity index (χ1n) is 9.91. The van der Waals surface area contributed by atoms with E-state index >= 15 is 0 Å². The van der Waals surface area contributed by atoms with Crippen LogP contribution in [0.3, 0.4) is 0 Å². The first kappa shape index (κ1) is 18.6. The van der Waals surface area contributed by atoms with Gasteiger partial charge in [-0.3, -0.25) is 0 Å². The van der Waals surface area contributed by atoms with Crippen LogP contribution in [0.25, 0.3) is 11.3 Å². The fourth-order valence-corrected chi connectivity index (χ4v) is 5.61. The van der Waals surface area contributed by atoms with E-state index in [2.05, 4.69) is 9.88 Å². The number of benzene rings is 1. The lowest BCUT2D eigenvalue weighted by molar-refractivity contribution is 0.117. The lowest BCUT2D eigenvalue weighted by atomic mass is 10.0. The number of hydrogen-bond donors (Lipinski definition) is 0. The predicted octanol–water partition coefficient (Wildman–Crippen LogP) is 3.39. The Balaban J connectivity index is 1.48. The Kier molecular flexibility index (Phi) is 5.57. The number of piperidine rings is 2. The maximum atomic E-state index is 13.1. The summed E-state index contributed by atoms with van der Waals surface area (Å²) in [7, 11) is -3.54. The standard InChI is InChI=1S/C21H27N3O2S/c25-27(26,21-11-7-10-20(22-21)18-8-3-1-4-9-18)24-16-12-19(13-17-24)23-14-5-2-6-15-23/h1,3-4,7-11,19H,2,5-6,12-17H2. The van der Waals surface area contributed by atoms with Crippen molar-refractivity contribution in [3.63, 3.8) is 0 Å². The molecule has 0 unspecified atom stereocenters. The monoisotopic (exact) mass is 385 g/mol. The predicted molar refractivity (Wildman–Crippen MR) is 107 cm³/mol. The van der Waals surface area contributed by atoms with Crippen molar-refractivity contribution in [2.24, 2.45) is 0 Å². The molecule has 0 amide bonds. The largest absolute Gasteiger partial charge is 0.300 e. The van der Waals surface area contributed by atoms with Crippen molar-refractivity contribution in [3.8, 4) is 11.3 Å². The molecule has 2 fully saturated rings. The van der Waals surface area contributed by atoms with Crippen LogP contribution in [-0.2, 0) is 10.0 Å². The molecule has 0 bridgehead atoms. The van der Waals surface area contributed by atoms with Crippen molar-refractivity contribution in [1.82, 2.24) is 14.2 Å². The molecule has 6 heteroatoms. The van der Waals surface area contributed by atoms with Gasteiger partial charge in [0.05, 0.1) is 5.69 Å². The molecule has 2 saturated heterocycles. The molecule has 0 aliphatic carbocycles. The smallest absolute Gasteiger partial charge is 0.260 e. The van der Waals surface area contributed by atoms with Crippen LogP contribution in [0.4, 0.5) is 0 Å². The van der Waals surface area contributed by atoms with Crippen LogP contribution < -0.4 is 0 Å². The number of rotatable bonds is 4. The maximum absolute atomic E-state index is 13.1. The third-order valence-corrected chi connectivity index (χ3v) is 7.53. The number of pyridine rings is 1. The van der Waals surface area contributed by atoms with Crippen molar-refractivity contribution in [2.75, 3.05) is 26.2 Å². The normalized spacial score (nSPS) is 20.6. The van der Waals surface area contributed by atoms with Crippen molar-refractivity contribution < 1.29 is 8.42 Å². The molecule has 0 N–H and O–H groups in total. The second kappa shape index (κ2) is 8.09. The van der Waals surface area contributed by atoms with Gasteiger partial charge in [0.25, 0.3) is 10.0 Å². The lowest BCUT2D eigenvalue weighted by Gasteiger charge is -2.39. The molecule has 4 rings (SSSR count). The highest BCUT2D eigenvalue weighted by Gasteiger charge is 2.32. The summed E-state index contributed by atoms with van der Waals surface area (Å²) in [6, 6.07) is 15.5. The van der Waals surface area contributed by atoms with Crippen LogP contribution >= 0.6 is 0 Å². The zero-order valence-electron chi connectivity index (χ0n) is 15.6. The average molecular weight is 386 g/mol. The van der Waals surface area contributed by atoms with Crippen molar-refractivity contribution in [1.29, 1.82) is 0 Å². The zero-order chi connectivity index (χ0) is 18.7. The third-order valence-electron chi connectivity index (χ3n) is 5.73. The van der Waals surface area contributed by atoms with Crippen LogP contribution in [0.5, 0.6) is 0 Å². The minimum atomic E-state index is -3.54. The van der Waals surface area contributed by atoms with Gasteiger partial charge in [-0.1, -0.05) is 42.8 Å². The molecule has 2 aliphatic heterocycles. The first-order valence-corrected chi connectivity index (χ1v) is 11.4. The highest BCUT2D eigenvalue weighted by molar-refractivity contribution is 7.89. The van der Waals surface area contributed by atoms with Gasteiger partial charge in [-0.15, -0.1) is 0 Å². The molecule has 0 spiro atoms. The van der Waals surface area contributed by atoms with Crippen LogP contribution in [0.2, 0.25) is 0 Å². The second-order valence-corrected chi connectivity index (χ2v) is 9.34. The minimum absolute atomic E-state index is 0.153. The fourth-order valence-electron chi connectivity index (χ4n) is 4.19. The SMILES string of the molecule is O=S(=O)(c1cccc(-c2ccccc2)n1)N1CCC(N2CCCCC2)CC1. The van der Waals surface area contributed by atoms with E-state index in [4.69, 9.17) is 0 Å². The molecule has 0 radical (unpaired) electrons. The number of hydrogen-bond acceptors (Lipinski definition) is 4. The fraction of sp³-hybridized carbons (Fsp3) is 0.476. The molecule has 1 aromatic heterocycles. The highest BCUT2D eigenvalue weighted by atomic mass is 32.2. The van der Waals surface area contributed by atoms with E-state index < -0.39 is 10.0 Å². The Labute approximate surface area is 162 Å². The van der Waals surface area contributed by atoms with Gasteiger partial charge in [0.15, 0.2) is 5.03 Å². The van der Waals surface area contributed by atoms with Crippen LogP contribution in [-0.4, -0.2) is 54.8 Å². The van der Waals surface area contributed by atoms with Gasteiger partial charge >= 0.3 is 0 Å². The summed E-state index contributed by atoms with van der Waals surface area (Å²) >= 11 is 0. The Morgan fingerprint density at radius 2 is 1.52 bits per heavy atom. The number of likely N-dealkylation sites (tertiary alicyclic amines) is 1. The van der Waals surface area contributed by atoms with E-state index in [1.54, 1.807) is 16.4 Å². The van der Waals surface area contributed by atoms with Crippen LogP contribution in [0, 0.1) is 0 Å². The van der Waals surface area contributed by atoms with Crippen LogP contribution in [0.15, 0.2) is 53.6 Å². The molecule has 2 aromatic rings. The van der Waals surface area contributed by atoms with Gasteiger partial charge < -0.3 is 4.90 Å². The number of aromatic nitrogens is 1. The Morgan fingerprint density at radius 3 is 2.22 bits per heavy atom. The zero-order valence-corrected chi connectivity index (χ0v) is 16.4. The van der Waals surface area contributed by atoms with E-state index in [9.17, 15) is 8.42 Å². The van der Waals surface area contributed by atoms with Gasteiger partial charge in [-0.2, -0.15) is 4.31 Å². The van der Waals surface area contributed by atoms with E-state index in [0.717, 1.165) is 31.5 Å². The quantitative estimate of drug-likeness (QED) is 0.810. The Morgan fingerprint density at radius 1 is 0.815 bits per heavy atom. The topological polar surface area (TPSA) is 53.5 Å². The summed E-state index contributed by atoms with van der Waals surface area (Å²) in [5, 5.41) is 0.153. The molecule has 27 heavy (non-hydrogen) atoms. The Bertz CT molecular complexity index is 856. The van der Waals surface area contributed by atoms with Crippen LogP contribution in [0.1, 0.15) is 32.1 Å². The van der Waals surface area contributed by atoms with Gasteiger partial charge in [0.2, 0.25) is 0 Å². The maximum Gasteiger partial charge on any atom is 0.260 e. The van der Waals surface area contributed by atoms with Gasteiger partial charge in [-0.25, -0.2) is 13.4 Å². The van der Waals surface area contributed by atoms with Crippen molar-refractivity contribution in [3.05, 3.63) is 48.5 Å². The molecule has 0 atom stereocenters. The number of sulfonamides is 1. The summed E-state index contributed by atoms with van der Waals surface area (Å²) in [5.74, 6) is 0. The summed E-state index contributed by atoms with van der Waals surface area (Å²) in [4.78, 5) is 7.02. The summed E-state index contributed by atoms with van der Waals surface area (Å²) in [6.45, 7) is 3.50.